The molecule has 0 aliphatic carbocycles. The molecule has 0 atom stereocenters. The third kappa shape index (κ3) is 3.05. The van der Waals surface area contributed by atoms with E-state index in [-0.39, 0.29) is 5.91 Å². The van der Waals surface area contributed by atoms with E-state index in [4.69, 9.17) is 4.74 Å². The molecule has 0 bridgehead atoms. The summed E-state index contributed by atoms with van der Waals surface area (Å²) in [6.07, 6.45) is 2.88. The highest BCUT2D eigenvalue weighted by molar-refractivity contribution is 6.00. The molecule has 1 rings (SSSR count). The van der Waals surface area contributed by atoms with Crippen LogP contribution in [0.15, 0.2) is 18.5 Å². The average Bonchev–Trinajstić information content (AvgIpc) is 2.18. The highest BCUT2D eigenvalue weighted by atomic mass is 16.5. The zero-order valence-electron chi connectivity index (χ0n) is 8.61. The first-order chi connectivity index (χ1) is 7.15. The largest absolute Gasteiger partial charge is 0.462 e. The summed E-state index contributed by atoms with van der Waals surface area (Å²) in [4.78, 5) is 26.1. The first-order valence-electron chi connectivity index (χ1n) is 4.54. The van der Waals surface area contributed by atoms with Crippen LogP contribution in [0.2, 0.25) is 0 Å². The van der Waals surface area contributed by atoms with E-state index in [0.29, 0.717) is 17.9 Å². The molecule has 0 fully saturated rings. The molecule has 15 heavy (non-hydrogen) atoms. The quantitative estimate of drug-likeness (QED) is 0.758. The van der Waals surface area contributed by atoms with Crippen LogP contribution in [0.25, 0.3) is 0 Å². The van der Waals surface area contributed by atoms with Crippen molar-refractivity contribution in [3.63, 3.8) is 0 Å². The lowest BCUT2D eigenvalue weighted by molar-refractivity contribution is -0.114. The van der Waals surface area contributed by atoms with Gasteiger partial charge in [0.15, 0.2) is 0 Å². The zero-order chi connectivity index (χ0) is 11.3. The maximum absolute atomic E-state index is 11.4. The van der Waals surface area contributed by atoms with Crippen LogP contribution < -0.4 is 5.32 Å². The van der Waals surface area contributed by atoms with Crippen molar-refractivity contribution in [3.05, 3.63) is 24.0 Å². The van der Waals surface area contributed by atoms with Crippen molar-refractivity contribution < 1.29 is 14.3 Å². The normalized spacial score (nSPS) is 9.47. The van der Waals surface area contributed by atoms with Crippen molar-refractivity contribution in [2.24, 2.45) is 0 Å². The number of ether oxygens (including phenoxy) is 1. The van der Waals surface area contributed by atoms with Gasteiger partial charge < -0.3 is 10.1 Å². The molecule has 0 radical (unpaired) electrons. The zero-order valence-corrected chi connectivity index (χ0v) is 8.61. The number of hydrogen-bond donors (Lipinski definition) is 1. The van der Waals surface area contributed by atoms with Crippen molar-refractivity contribution >= 4 is 17.6 Å². The van der Waals surface area contributed by atoms with E-state index in [2.05, 4.69) is 10.3 Å². The molecule has 1 heterocycles. The topological polar surface area (TPSA) is 68.3 Å². The number of hydrogen-bond acceptors (Lipinski definition) is 4. The lowest BCUT2D eigenvalue weighted by Crippen LogP contribution is -2.13. The van der Waals surface area contributed by atoms with Gasteiger partial charge in [0.2, 0.25) is 5.91 Å². The number of nitrogens with zero attached hydrogens (tertiary/aromatic N) is 1. The molecular weight excluding hydrogens is 196 g/mol. The van der Waals surface area contributed by atoms with Gasteiger partial charge in [0.05, 0.1) is 24.1 Å². The predicted molar refractivity (Wildman–Crippen MR) is 54.5 cm³/mol. The predicted octanol–water partition coefficient (Wildman–Crippen LogP) is 1.22. The number of pyridine rings is 1. The van der Waals surface area contributed by atoms with E-state index in [9.17, 15) is 9.59 Å². The Kier molecular flexibility index (Phi) is 3.79. The van der Waals surface area contributed by atoms with Gasteiger partial charge in [-0.15, -0.1) is 0 Å². The average molecular weight is 208 g/mol. The maximum Gasteiger partial charge on any atom is 0.340 e. The summed E-state index contributed by atoms with van der Waals surface area (Å²) < 4.78 is 4.83. The minimum Gasteiger partial charge on any atom is -0.462 e. The summed E-state index contributed by atoms with van der Waals surface area (Å²) in [6, 6.07) is 1.50. The Labute approximate surface area is 87.5 Å². The number of rotatable bonds is 3. The van der Waals surface area contributed by atoms with E-state index in [1.165, 1.54) is 25.4 Å². The summed E-state index contributed by atoms with van der Waals surface area (Å²) >= 11 is 0. The first-order valence-corrected chi connectivity index (χ1v) is 4.54. The van der Waals surface area contributed by atoms with Gasteiger partial charge in [0, 0.05) is 13.1 Å². The molecule has 1 N–H and O–H groups in total. The van der Waals surface area contributed by atoms with E-state index < -0.39 is 5.97 Å². The molecule has 1 aromatic rings. The van der Waals surface area contributed by atoms with Crippen LogP contribution in [0, 0.1) is 0 Å². The van der Waals surface area contributed by atoms with Crippen LogP contribution >= 0.6 is 0 Å². The third-order valence-electron chi connectivity index (χ3n) is 1.63. The molecular formula is C10H12N2O3. The molecule has 80 valence electrons. The summed E-state index contributed by atoms with van der Waals surface area (Å²) in [5.41, 5.74) is 0.672. The van der Waals surface area contributed by atoms with Gasteiger partial charge in [-0.25, -0.2) is 4.79 Å². The number of esters is 1. The second kappa shape index (κ2) is 5.09. The molecule has 0 unspecified atom stereocenters. The first kappa shape index (κ1) is 11.2. The lowest BCUT2D eigenvalue weighted by atomic mass is 10.2. The Morgan fingerprint density at radius 2 is 2.27 bits per heavy atom. The Morgan fingerprint density at radius 3 is 2.87 bits per heavy atom. The van der Waals surface area contributed by atoms with Gasteiger partial charge in [-0.3, -0.25) is 9.78 Å². The molecule has 0 saturated carbocycles. The highest BCUT2D eigenvalue weighted by Crippen LogP contribution is 2.14. The van der Waals surface area contributed by atoms with Gasteiger partial charge in [0.25, 0.3) is 0 Å². The van der Waals surface area contributed by atoms with Crippen LogP contribution in [0.5, 0.6) is 0 Å². The van der Waals surface area contributed by atoms with Gasteiger partial charge in [-0.2, -0.15) is 0 Å². The number of nitrogens with one attached hydrogen (secondary N) is 1. The monoisotopic (exact) mass is 208 g/mol. The van der Waals surface area contributed by atoms with Crippen molar-refractivity contribution in [3.8, 4) is 0 Å². The second-order valence-corrected chi connectivity index (χ2v) is 2.82. The van der Waals surface area contributed by atoms with Crippen LogP contribution in [0.1, 0.15) is 24.2 Å². The SMILES string of the molecule is CCOC(=O)c1ccncc1NC(C)=O. The van der Waals surface area contributed by atoms with Gasteiger partial charge in [-0.1, -0.05) is 0 Å². The second-order valence-electron chi connectivity index (χ2n) is 2.82. The fraction of sp³-hybridized carbons (Fsp3) is 0.300. The summed E-state index contributed by atoms with van der Waals surface area (Å²) in [5.74, 6) is -0.725. The molecule has 0 spiro atoms. The van der Waals surface area contributed by atoms with Gasteiger partial charge in [0.1, 0.15) is 0 Å². The summed E-state index contributed by atoms with van der Waals surface area (Å²) in [5, 5.41) is 2.51. The van der Waals surface area contributed by atoms with Crippen LogP contribution in [-0.2, 0) is 9.53 Å². The molecule has 1 amide bonds. The Hall–Kier alpha value is -1.91. The number of carbonyl (C=O) groups excluding carboxylic acids is 2. The van der Waals surface area contributed by atoms with Gasteiger partial charge in [-0.05, 0) is 13.0 Å². The number of amides is 1. The minimum atomic E-state index is -0.469. The van der Waals surface area contributed by atoms with Crippen molar-refractivity contribution in [2.45, 2.75) is 13.8 Å². The van der Waals surface area contributed by atoms with E-state index in [1.807, 2.05) is 0 Å². The van der Waals surface area contributed by atoms with Crippen LogP contribution in [0.3, 0.4) is 0 Å². The Bertz CT molecular complexity index is 377. The maximum atomic E-state index is 11.4. The fourth-order valence-electron chi connectivity index (χ4n) is 1.07. The van der Waals surface area contributed by atoms with Crippen molar-refractivity contribution in [1.29, 1.82) is 0 Å². The van der Waals surface area contributed by atoms with E-state index in [1.54, 1.807) is 6.92 Å². The molecule has 0 aliphatic rings. The summed E-state index contributed by atoms with van der Waals surface area (Å²) in [7, 11) is 0. The van der Waals surface area contributed by atoms with Crippen LogP contribution in [0.4, 0.5) is 5.69 Å². The van der Waals surface area contributed by atoms with Crippen LogP contribution in [-0.4, -0.2) is 23.5 Å². The standard InChI is InChI=1S/C10H12N2O3/c1-3-15-10(14)8-4-5-11-6-9(8)12-7(2)13/h4-6H,3H2,1-2H3,(H,12,13). The van der Waals surface area contributed by atoms with E-state index in [0.717, 1.165) is 0 Å². The third-order valence-corrected chi connectivity index (χ3v) is 1.63. The number of carbonyl (C=O) groups is 2. The smallest absolute Gasteiger partial charge is 0.340 e. The molecule has 1 aromatic heterocycles. The molecule has 5 nitrogen and oxygen atoms in total. The highest BCUT2D eigenvalue weighted by Gasteiger charge is 2.12. The lowest BCUT2D eigenvalue weighted by Gasteiger charge is -2.07. The van der Waals surface area contributed by atoms with Crippen molar-refractivity contribution in [1.82, 2.24) is 4.98 Å². The summed E-state index contributed by atoms with van der Waals surface area (Å²) in [6.45, 7) is 3.37. The Balaban J connectivity index is 2.95. The number of anilines is 1. The molecule has 5 heteroatoms. The van der Waals surface area contributed by atoms with Crippen molar-refractivity contribution in [2.75, 3.05) is 11.9 Å². The fourth-order valence-corrected chi connectivity index (χ4v) is 1.07. The van der Waals surface area contributed by atoms with Gasteiger partial charge >= 0.3 is 5.97 Å². The number of aromatic nitrogens is 1. The van der Waals surface area contributed by atoms with E-state index >= 15 is 0 Å². The molecule has 0 aromatic carbocycles. The Morgan fingerprint density at radius 1 is 1.53 bits per heavy atom. The minimum absolute atomic E-state index is 0.256. The molecule has 0 aliphatic heterocycles. The molecule has 0 saturated heterocycles.